The van der Waals surface area contributed by atoms with E-state index in [1.807, 2.05) is 62.4 Å². The first-order valence-electron chi connectivity index (χ1n) is 9.09. The average molecular weight is 375 g/mol. The third kappa shape index (κ3) is 3.59. The maximum absolute atomic E-state index is 12.2. The number of urea groups is 1. The fourth-order valence-electron chi connectivity index (χ4n) is 3.53. The van der Waals surface area contributed by atoms with Gasteiger partial charge in [0.25, 0.3) is 0 Å². The third-order valence-corrected chi connectivity index (χ3v) is 4.84. The summed E-state index contributed by atoms with van der Waals surface area (Å²) in [5.74, 6) is 0.486. The first-order valence-corrected chi connectivity index (χ1v) is 9.09. The van der Waals surface area contributed by atoms with Crippen molar-refractivity contribution in [2.24, 2.45) is 0 Å². The molecule has 4 N–H and O–H groups in total. The van der Waals surface area contributed by atoms with Gasteiger partial charge in [-0.3, -0.25) is 9.89 Å². The molecular formula is C21H21N5O2. The summed E-state index contributed by atoms with van der Waals surface area (Å²) in [6, 6.07) is 14.9. The van der Waals surface area contributed by atoms with E-state index >= 15 is 0 Å². The summed E-state index contributed by atoms with van der Waals surface area (Å²) in [5, 5.41) is 15.5. The average Bonchev–Trinajstić information content (AvgIpc) is 3.02. The Morgan fingerprint density at radius 1 is 1.07 bits per heavy atom. The number of rotatable bonds is 3. The lowest BCUT2D eigenvalue weighted by molar-refractivity contribution is -0.116. The Balaban J connectivity index is 1.48. The molecule has 4 rings (SSSR count). The molecule has 3 aromatic rings. The van der Waals surface area contributed by atoms with Crippen molar-refractivity contribution in [3.63, 3.8) is 0 Å². The van der Waals surface area contributed by atoms with Crippen LogP contribution in [0.5, 0.6) is 0 Å². The number of fused-ring (bicyclic) bond motifs is 1. The Kier molecular flexibility index (Phi) is 4.57. The fraction of sp³-hybridized carbons (Fsp3) is 0.190. The molecule has 0 saturated heterocycles. The van der Waals surface area contributed by atoms with Crippen LogP contribution in [0.15, 0.2) is 48.5 Å². The minimum absolute atomic E-state index is 0.0521. The van der Waals surface area contributed by atoms with Crippen LogP contribution in [0.25, 0.3) is 0 Å². The highest BCUT2D eigenvalue weighted by molar-refractivity contribution is 5.99. The van der Waals surface area contributed by atoms with Crippen LogP contribution in [-0.4, -0.2) is 22.1 Å². The van der Waals surface area contributed by atoms with E-state index in [2.05, 4.69) is 26.1 Å². The van der Waals surface area contributed by atoms with Crippen LogP contribution >= 0.6 is 0 Å². The molecule has 0 saturated carbocycles. The predicted octanol–water partition coefficient (Wildman–Crippen LogP) is 4.14. The number of carbonyl (C=O) groups excluding carboxylic acids is 2. The molecule has 0 radical (unpaired) electrons. The maximum atomic E-state index is 12.2. The molecule has 2 aromatic carbocycles. The number of hydrogen-bond acceptors (Lipinski definition) is 3. The number of nitrogens with zero attached hydrogens (tertiary/aromatic N) is 1. The fourth-order valence-corrected chi connectivity index (χ4v) is 3.53. The van der Waals surface area contributed by atoms with E-state index in [1.165, 1.54) is 0 Å². The second-order valence-electron chi connectivity index (χ2n) is 6.99. The summed E-state index contributed by atoms with van der Waals surface area (Å²) < 4.78 is 0. The van der Waals surface area contributed by atoms with Gasteiger partial charge in [-0.25, -0.2) is 4.79 Å². The van der Waals surface area contributed by atoms with Gasteiger partial charge in [0.15, 0.2) is 5.82 Å². The highest BCUT2D eigenvalue weighted by atomic mass is 16.2. The van der Waals surface area contributed by atoms with Crippen molar-refractivity contribution in [3.8, 4) is 0 Å². The van der Waals surface area contributed by atoms with Gasteiger partial charge in [-0.05, 0) is 49.2 Å². The van der Waals surface area contributed by atoms with E-state index in [4.69, 9.17) is 0 Å². The Hall–Kier alpha value is -3.61. The van der Waals surface area contributed by atoms with Crippen molar-refractivity contribution in [2.45, 2.75) is 26.2 Å². The molecule has 142 valence electrons. The smallest absolute Gasteiger partial charge is 0.309 e. The van der Waals surface area contributed by atoms with E-state index in [0.29, 0.717) is 17.9 Å². The SMILES string of the molecule is Cc1cccc(NC(=O)Nc2ccc(C3CC(=O)Nc4n[nH]c(C)c43)cc2)c1. The van der Waals surface area contributed by atoms with Gasteiger partial charge in [0, 0.05) is 35.0 Å². The second kappa shape index (κ2) is 7.19. The van der Waals surface area contributed by atoms with Crippen molar-refractivity contribution < 1.29 is 9.59 Å². The second-order valence-corrected chi connectivity index (χ2v) is 6.99. The molecule has 1 unspecified atom stereocenters. The standard InChI is InChI=1S/C21H21N5O2/c1-12-4-3-5-16(10-12)23-21(28)22-15-8-6-14(7-9-15)17-11-18(27)24-20-19(17)13(2)25-26-20/h3-10,17H,11H2,1-2H3,(H2,22,23,28)(H2,24,25,26,27). The van der Waals surface area contributed by atoms with Gasteiger partial charge in [-0.15, -0.1) is 0 Å². The van der Waals surface area contributed by atoms with Crippen LogP contribution in [0.3, 0.4) is 0 Å². The predicted molar refractivity (Wildman–Crippen MR) is 109 cm³/mol. The van der Waals surface area contributed by atoms with Gasteiger partial charge in [-0.1, -0.05) is 24.3 Å². The van der Waals surface area contributed by atoms with Gasteiger partial charge in [0.2, 0.25) is 5.91 Å². The van der Waals surface area contributed by atoms with Crippen molar-refractivity contribution in [1.82, 2.24) is 10.2 Å². The lowest BCUT2D eigenvalue weighted by Crippen LogP contribution is -2.23. The van der Waals surface area contributed by atoms with Gasteiger partial charge in [0.05, 0.1) is 0 Å². The molecule has 1 aromatic heterocycles. The molecule has 3 amide bonds. The molecule has 1 atom stereocenters. The Morgan fingerprint density at radius 3 is 2.57 bits per heavy atom. The minimum atomic E-state index is -0.302. The summed E-state index contributed by atoms with van der Waals surface area (Å²) in [6.45, 7) is 3.92. The summed E-state index contributed by atoms with van der Waals surface area (Å²) in [7, 11) is 0. The highest BCUT2D eigenvalue weighted by Gasteiger charge is 2.30. The zero-order valence-corrected chi connectivity index (χ0v) is 15.7. The van der Waals surface area contributed by atoms with Crippen LogP contribution < -0.4 is 16.0 Å². The minimum Gasteiger partial charge on any atom is -0.309 e. The number of carbonyl (C=O) groups is 2. The van der Waals surface area contributed by atoms with Crippen LogP contribution in [0.1, 0.15) is 34.7 Å². The number of anilines is 3. The van der Waals surface area contributed by atoms with Crippen molar-refractivity contribution in [3.05, 3.63) is 70.9 Å². The topological polar surface area (TPSA) is 98.9 Å². The molecule has 28 heavy (non-hydrogen) atoms. The molecule has 2 heterocycles. The number of amides is 3. The van der Waals surface area contributed by atoms with E-state index in [1.54, 1.807) is 0 Å². The van der Waals surface area contributed by atoms with Crippen molar-refractivity contribution in [2.75, 3.05) is 16.0 Å². The Labute approximate surface area is 162 Å². The van der Waals surface area contributed by atoms with E-state index in [-0.39, 0.29) is 17.9 Å². The molecule has 0 fully saturated rings. The van der Waals surface area contributed by atoms with Crippen molar-refractivity contribution >= 4 is 29.1 Å². The summed E-state index contributed by atoms with van der Waals surface area (Å²) in [4.78, 5) is 24.2. The van der Waals surface area contributed by atoms with Crippen molar-refractivity contribution in [1.29, 1.82) is 0 Å². The molecule has 7 heteroatoms. The van der Waals surface area contributed by atoms with Gasteiger partial charge < -0.3 is 16.0 Å². The Morgan fingerprint density at radius 2 is 1.82 bits per heavy atom. The Bertz CT molecular complexity index is 1040. The number of aromatic nitrogens is 2. The van der Waals surface area contributed by atoms with Crippen LogP contribution in [0.2, 0.25) is 0 Å². The molecule has 0 aliphatic carbocycles. The quantitative estimate of drug-likeness (QED) is 0.553. The summed E-state index contributed by atoms with van der Waals surface area (Å²) in [5.41, 5.74) is 5.46. The molecule has 0 spiro atoms. The number of H-pyrrole nitrogens is 1. The number of aromatic amines is 1. The highest BCUT2D eigenvalue weighted by Crippen LogP contribution is 2.38. The monoisotopic (exact) mass is 375 g/mol. The number of aryl methyl sites for hydroxylation is 2. The molecular weight excluding hydrogens is 354 g/mol. The molecule has 1 aliphatic heterocycles. The van der Waals surface area contributed by atoms with E-state index < -0.39 is 0 Å². The molecule has 0 bridgehead atoms. The zero-order valence-electron chi connectivity index (χ0n) is 15.7. The van der Waals surface area contributed by atoms with Crippen LogP contribution in [-0.2, 0) is 4.79 Å². The number of hydrogen-bond donors (Lipinski definition) is 4. The summed E-state index contributed by atoms with van der Waals surface area (Å²) >= 11 is 0. The lowest BCUT2D eigenvalue weighted by Gasteiger charge is -2.23. The lowest BCUT2D eigenvalue weighted by atomic mass is 9.86. The zero-order chi connectivity index (χ0) is 19.7. The summed E-state index contributed by atoms with van der Waals surface area (Å²) in [6.07, 6.45) is 0.369. The maximum Gasteiger partial charge on any atom is 0.323 e. The number of nitrogens with one attached hydrogen (secondary N) is 4. The molecule has 7 nitrogen and oxygen atoms in total. The normalized spacial score (nSPS) is 15.5. The van der Waals surface area contributed by atoms with E-state index in [9.17, 15) is 9.59 Å². The van der Waals surface area contributed by atoms with Gasteiger partial charge in [0.1, 0.15) is 0 Å². The van der Waals surface area contributed by atoms with E-state index in [0.717, 1.165) is 28.1 Å². The molecule has 1 aliphatic rings. The van der Waals surface area contributed by atoms with Gasteiger partial charge in [-0.2, -0.15) is 5.10 Å². The first kappa shape index (κ1) is 17.8. The van der Waals surface area contributed by atoms with Gasteiger partial charge >= 0.3 is 6.03 Å². The largest absolute Gasteiger partial charge is 0.323 e. The first-order chi connectivity index (χ1) is 13.5. The third-order valence-electron chi connectivity index (χ3n) is 4.84. The number of benzene rings is 2. The van der Waals surface area contributed by atoms with Crippen LogP contribution in [0, 0.1) is 13.8 Å². The van der Waals surface area contributed by atoms with Crippen LogP contribution in [0.4, 0.5) is 22.0 Å².